The Morgan fingerprint density at radius 1 is 1.32 bits per heavy atom. The van der Waals surface area contributed by atoms with E-state index in [4.69, 9.17) is 0 Å². The molecular weight excluding hydrogens is 276 g/mol. The molecule has 0 atom stereocenters. The highest BCUT2D eigenvalue weighted by Gasteiger charge is 2.18. The largest absolute Gasteiger partial charge is 0.335 e. The SMILES string of the molecule is CCn1nc(C)c(CCN(C)C(=O)NC2CCCCC2)c1C. The average molecular weight is 306 g/mol. The number of rotatable bonds is 5. The minimum Gasteiger partial charge on any atom is -0.335 e. The van der Waals surface area contributed by atoms with E-state index in [1.54, 1.807) is 4.90 Å². The summed E-state index contributed by atoms with van der Waals surface area (Å²) < 4.78 is 2.03. The monoisotopic (exact) mass is 306 g/mol. The standard InChI is InChI=1S/C17H30N4O/c1-5-21-14(3)16(13(2)19-21)11-12-20(4)17(22)18-15-9-7-6-8-10-15/h15H,5-12H2,1-4H3,(H,18,22). The molecular formula is C17H30N4O. The molecule has 0 unspecified atom stereocenters. The summed E-state index contributed by atoms with van der Waals surface area (Å²) in [5.74, 6) is 0. The van der Waals surface area contributed by atoms with Gasteiger partial charge in [0.15, 0.2) is 0 Å². The normalized spacial score (nSPS) is 15.8. The second-order valence-electron chi connectivity index (χ2n) is 6.42. The number of carbonyl (C=O) groups is 1. The summed E-state index contributed by atoms with van der Waals surface area (Å²) in [4.78, 5) is 14.1. The van der Waals surface area contributed by atoms with E-state index in [0.29, 0.717) is 6.04 Å². The van der Waals surface area contributed by atoms with Crippen LogP contribution in [0.1, 0.15) is 56.0 Å². The van der Waals surface area contributed by atoms with Crippen molar-refractivity contribution in [1.29, 1.82) is 0 Å². The Hall–Kier alpha value is -1.52. The fourth-order valence-corrected chi connectivity index (χ4v) is 3.32. The lowest BCUT2D eigenvalue weighted by Crippen LogP contribution is -2.44. The van der Waals surface area contributed by atoms with E-state index in [1.165, 1.54) is 30.5 Å². The number of amides is 2. The first-order chi connectivity index (χ1) is 10.5. The lowest BCUT2D eigenvalue weighted by molar-refractivity contribution is 0.201. The lowest BCUT2D eigenvalue weighted by Gasteiger charge is -2.26. The van der Waals surface area contributed by atoms with E-state index in [-0.39, 0.29) is 6.03 Å². The van der Waals surface area contributed by atoms with Crippen LogP contribution in [0.2, 0.25) is 0 Å². The van der Waals surface area contributed by atoms with Gasteiger partial charge in [0.05, 0.1) is 5.69 Å². The van der Waals surface area contributed by atoms with Crippen molar-refractivity contribution in [3.05, 3.63) is 17.0 Å². The molecule has 2 amide bonds. The van der Waals surface area contributed by atoms with Crippen LogP contribution >= 0.6 is 0 Å². The third-order valence-corrected chi connectivity index (χ3v) is 4.81. The number of nitrogens with one attached hydrogen (secondary N) is 1. The number of urea groups is 1. The maximum atomic E-state index is 12.3. The molecule has 124 valence electrons. The van der Waals surface area contributed by atoms with Gasteiger partial charge in [-0.2, -0.15) is 5.10 Å². The van der Waals surface area contributed by atoms with Crippen LogP contribution in [0.5, 0.6) is 0 Å². The molecule has 2 rings (SSSR count). The van der Waals surface area contributed by atoms with Gasteiger partial charge in [0.25, 0.3) is 0 Å². The Morgan fingerprint density at radius 3 is 2.59 bits per heavy atom. The molecule has 22 heavy (non-hydrogen) atoms. The minimum atomic E-state index is 0.0603. The predicted octanol–water partition coefficient (Wildman–Crippen LogP) is 3.04. The van der Waals surface area contributed by atoms with Crippen LogP contribution in [0.4, 0.5) is 4.79 Å². The molecule has 1 fully saturated rings. The first kappa shape index (κ1) is 16.8. The number of hydrogen-bond donors (Lipinski definition) is 1. The Balaban J connectivity index is 1.85. The van der Waals surface area contributed by atoms with Crippen molar-refractivity contribution in [3.63, 3.8) is 0 Å². The highest BCUT2D eigenvalue weighted by molar-refractivity contribution is 5.74. The fraction of sp³-hybridized carbons (Fsp3) is 0.765. The first-order valence-corrected chi connectivity index (χ1v) is 8.57. The molecule has 1 aliphatic rings. The van der Waals surface area contributed by atoms with E-state index in [9.17, 15) is 4.79 Å². The molecule has 1 saturated carbocycles. The summed E-state index contributed by atoms with van der Waals surface area (Å²) in [6.07, 6.45) is 6.91. The number of carbonyl (C=O) groups excluding carboxylic acids is 1. The predicted molar refractivity (Wildman–Crippen MR) is 89.1 cm³/mol. The topological polar surface area (TPSA) is 50.2 Å². The quantitative estimate of drug-likeness (QED) is 0.909. The Morgan fingerprint density at radius 2 is 2.00 bits per heavy atom. The first-order valence-electron chi connectivity index (χ1n) is 8.57. The molecule has 0 aromatic carbocycles. The average Bonchev–Trinajstić information content (AvgIpc) is 2.80. The molecule has 1 aliphatic carbocycles. The summed E-state index contributed by atoms with van der Waals surface area (Å²) in [5, 5.41) is 7.71. The van der Waals surface area contributed by atoms with Crippen molar-refractivity contribution in [2.75, 3.05) is 13.6 Å². The van der Waals surface area contributed by atoms with Gasteiger partial charge in [0.2, 0.25) is 0 Å². The van der Waals surface area contributed by atoms with Crippen LogP contribution in [-0.4, -0.2) is 40.3 Å². The van der Waals surface area contributed by atoms with Crippen LogP contribution in [0, 0.1) is 13.8 Å². The van der Waals surface area contributed by atoms with Gasteiger partial charge in [0, 0.05) is 31.9 Å². The van der Waals surface area contributed by atoms with E-state index in [2.05, 4.69) is 31.2 Å². The molecule has 0 bridgehead atoms. The zero-order chi connectivity index (χ0) is 16.1. The smallest absolute Gasteiger partial charge is 0.317 e. The van der Waals surface area contributed by atoms with Crippen LogP contribution in [-0.2, 0) is 13.0 Å². The van der Waals surface area contributed by atoms with Gasteiger partial charge in [-0.3, -0.25) is 4.68 Å². The molecule has 5 nitrogen and oxygen atoms in total. The van der Waals surface area contributed by atoms with Crippen molar-refractivity contribution in [2.24, 2.45) is 0 Å². The van der Waals surface area contributed by atoms with Crippen LogP contribution in [0.15, 0.2) is 0 Å². The highest BCUT2D eigenvalue weighted by atomic mass is 16.2. The minimum absolute atomic E-state index is 0.0603. The second-order valence-corrected chi connectivity index (χ2v) is 6.42. The van der Waals surface area contributed by atoms with Gasteiger partial charge in [-0.1, -0.05) is 19.3 Å². The van der Waals surface area contributed by atoms with E-state index >= 15 is 0 Å². The zero-order valence-electron chi connectivity index (χ0n) is 14.5. The van der Waals surface area contributed by atoms with Crippen molar-refractivity contribution < 1.29 is 4.79 Å². The summed E-state index contributed by atoms with van der Waals surface area (Å²) in [6, 6.07) is 0.431. The Labute approximate surface area is 134 Å². The zero-order valence-corrected chi connectivity index (χ0v) is 14.5. The second kappa shape index (κ2) is 7.65. The number of likely N-dealkylation sites (N-methyl/N-ethyl adjacent to an activating group) is 1. The van der Waals surface area contributed by atoms with Crippen molar-refractivity contribution in [2.45, 2.75) is 71.9 Å². The van der Waals surface area contributed by atoms with Gasteiger partial charge in [0.1, 0.15) is 0 Å². The van der Waals surface area contributed by atoms with Crippen molar-refractivity contribution in [3.8, 4) is 0 Å². The van der Waals surface area contributed by atoms with Gasteiger partial charge in [-0.25, -0.2) is 4.79 Å². The molecule has 0 saturated heterocycles. The Bertz CT molecular complexity index is 503. The molecule has 1 aromatic heterocycles. The number of hydrogen-bond acceptors (Lipinski definition) is 2. The van der Waals surface area contributed by atoms with Crippen molar-refractivity contribution in [1.82, 2.24) is 20.0 Å². The van der Waals surface area contributed by atoms with E-state index in [1.807, 2.05) is 11.7 Å². The van der Waals surface area contributed by atoms with E-state index in [0.717, 1.165) is 38.0 Å². The van der Waals surface area contributed by atoms with Gasteiger partial charge in [-0.05, 0) is 45.6 Å². The number of aromatic nitrogens is 2. The summed E-state index contributed by atoms with van der Waals surface area (Å²) >= 11 is 0. The Kier molecular flexibility index (Phi) is 5.86. The highest BCUT2D eigenvalue weighted by Crippen LogP contribution is 2.18. The summed E-state index contributed by atoms with van der Waals surface area (Å²) in [7, 11) is 1.88. The summed E-state index contributed by atoms with van der Waals surface area (Å²) in [5.41, 5.74) is 3.58. The third kappa shape index (κ3) is 4.02. The third-order valence-electron chi connectivity index (χ3n) is 4.81. The summed E-state index contributed by atoms with van der Waals surface area (Å²) in [6.45, 7) is 7.89. The van der Waals surface area contributed by atoms with Crippen molar-refractivity contribution >= 4 is 6.03 Å². The van der Waals surface area contributed by atoms with E-state index < -0.39 is 0 Å². The molecule has 5 heteroatoms. The van der Waals surface area contributed by atoms with Crippen LogP contribution < -0.4 is 5.32 Å². The molecule has 1 aromatic rings. The molecule has 0 radical (unpaired) electrons. The molecule has 0 aliphatic heterocycles. The lowest BCUT2D eigenvalue weighted by atomic mass is 9.96. The fourth-order valence-electron chi connectivity index (χ4n) is 3.32. The maximum Gasteiger partial charge on any atom is 0.317 e. The molecule has 1 N–H and O–H groups in total. The van der Waals surface area contributed by atoms with Crippen LogP contribution in [0.25, 0.3) is 0 Å². The number of nitrogens with zero attached hydrogens (tertiary/aromatic N) is 3. The maximum absolute atomic E-state index is 12.3. The number of aryl methyl sites for hydroxylation is 2. The van der Waals surface area contributed by atoms with Crippen LogP contribution in [0.3, 0.4) is 0 Å². The van der Waals surface area contributed by atoms with Gasteiger partial charge in [-0.15, -0.1) is 0 Å². The van der Waals surface area contributed by atoms with Gasteiger partial charge < -0.3 is 10.2 Å². The molecule has 1 heterocycles. The molecule has 0 spiro atoms. The van der Waals surface area contributed by atoms with Gasteiger partial charge >= 0.3 is 6.03 Å².